The highest BCUT2D eigenvalue weighted by molar-refractivity contribution is 7.80. The van der Waals surface area contributed by atoms with Crippen molar-refractivity contribution in [2.75, 3.05) is 20.3 Å². The molecule has 0 radical (unpaired) electrons. The molecular formula is C24H27N3O3S. The molecule has 1 saturated heterocycles. The van der Waals surface area contributed by atoms with Crippen molar-refractivity contribution in [3.05, 3.63) is 76.1 Å². The van der Waals surface area contributed by atoms with E-state index < -0.39 is 0 Å². The van der Waals surface area contributed by atoms with E-state index in [0.29, 0.717) is 36.1 Å². The van der Waals surface area contributed by atoms with Crippen LogP contribution in [0.2, 0.25) is 0 Å². The van der Waals surface area contributed by atoms with Crippen LogP contribution in [0.3, 0.4) is 0 Å². The fourth-order valence-corrected chi connectivity index (χ4v) is 4.03. The molecule has 1 aromatic heterocycles. The van der Waals surface area contributed by atoms with Gasteiger partial charge in [-0.15, -0.1) is 0 Å². The molecule has 2 heterocycles. The second-order valence-corrected chi connectivity index (χ2v) is 8.12. The largest absolute Gasteiger partial charge is 0.497 e. The van der Waals surface area contributed by atoms with Gasteiger partial charge < -0.3 is 24.7 Å². The standard InChI is InChI=1S/C24H27N3O3S/c1-29-20-10-9-18-12-19(23(28)26-22(18)13-20)15-27(16-21-8-5-11-30-21)24(31)25-14-17-6-3-2-4-7-17/h2-4,6-7,9-10,12-13,21H,5,8,11,14-16H2,1H3,(H,25,31)(H,26,28)/t21-/m1/s1. The van der Waals surface area contributed by atoms with E-state index in [-0.39, 0.29) is 11.7 Å². The number of thiocarbonyl (C=S) groups is 1. The fraction of sp³-hybridized carbons (Fsp3) is 0.333. The molecule has 2 N–H and O–H groups in total. The van der Waals surface area contributed by atoms with Crippen LogP contribution < -0.4 is 15.6 Å². The zero-order valence-corrected chi connectivity index (χ0v) is 18.4. The van der Waals surface area contributed by atoms with Gasteiger partial charge >= 0.3 is 0 Å². The Morgan fingerprint density at radius 1 is 1.26 bits per heavy atom. The Morgan fingerprint density at radius 3 is 2.84 bits per heavy atom. The van der Waals surface area contributed by atoms with Crippen LogP contribution in [0.25, 0.3) is 10.9 Å². The molecule has 6 nitrogen and oxygen atoms in total. The fourth-order valence-electron chi connectivity index (χ4n) is 3.81. The molecule has 3 aromatic rings. The predicted octanol–water partition coefficient (Wildman–Crippen LogP) is 3.59. The van der Waals surface area contributed by atoms with E-state index >= 15 is 0 Å². The van der Waals surface area contributed by atoms with Crippen molar-refractivity contribution in [3.8, 4) is 5.75 Å². The highest BCUT2D eigenvalue weighted by atomic mass is 32.1. The Bertz CT molecular complexity index is 1090. The first kappa shape index (κ1) is 21.3. The Kier molecular flexibility index (Phi) is 6.84. The lowest BCUT2D eigenvalue weighted by Gasteiger charge is -2.28. The summed E-state index contributed by atoms with van der Waals surface area (Å²) in [5.41, 5.74) is 2.45. The van der Waals surface area contributed by atoms with E-state index in [1.807, 2.05) is 47.4 Å². The Labute approximate surface area is 187 Å². The molecule has 1 atom stereocenters. The maximum absolute atomic E-state index is 12.8. The smallest absolute Gasteiger partial charge is 0.253 e. The summed E-state index contributed by atoms with van der Waals surface area (Å²) in [6.07, 6.45) is 2.19. The summed E-state index contributed by atoms with van der Waals surface area (Å²) < 4.78 is 11.1. The molecule has 31 heavy (non-hydrogen) atoms. The first-order chi connectivity index (χ1) is 15.1. The SMILES string of the molecule is COc1ccc2cc(CN(C[C@H]3CCCO3)C(=S)NCc3ccccc3)c(=O)[nH]c2c1. The number of ether oxygens (including phenoxy) is 2. The first-order valence-corrected chi connectivity index (χ1v) is 10.9. The number of hydrogen-bond donors (Lipinski definition) is 2. The normalized spacial score (nSPS) is 15.7. The quantitative estimate of drug-likeness (QED) is 0.551. The number of nitrogens with one attached hydrogen (secondary N) is 2. The lowest BCUT2D eigenvalue weighted by molar-refractivity contribution is 0.0896. The van der Waals surface area contributed by atoms with Gasteiger partial charge in [-0.2, -0.15) is 0 Å². The maximum Gasteiger partial charge on any atom is 0.253 e. The number of hydrogen-bond acceptors (Lipinski definition) is 4. The minimum absolute atomic E-state index is 0.121. The molecule has 0 spiro atoms. The third-order valence-electron chi connectivity index (χ3n) is 5.51. The summed E-state index contributed by atoms with van der Waals surface area (Å²) in [6.45, 7) is 2.48. The first-order valence-electron chi connectivity index (χ1n) is 10.5. The number of H-pyrrole nitrogens is 1. The van der Waals surface area contributed by atoms with Gasteiger partial charge in [-0.05, 0) is 54.2 Å². The minimum Gasteiger partial charge on any atom is -0.497 e. The highest BCUT2D eigenvalue weighted by Gasteiger charge is 2.22. The van der Waals surface area contributed by atoms with Crippen molar-refractivity contribution in [1.82, 2.24) is 15.2 Å². The molecule has 0 saturated carbocycles. The van der Waals surface area contributed by atoms with Gasteiger partial charge in [0.1, 0.15) is 5.75 Å². The van der Waals surface area contributed by atoms with Crippen LogP contribution in [0.1, 0.15) is 24.0 Å². The summed E-state index contributed by atoms with van der Waals surface area (Å²) in [6, 6.07) is 17.7. The van der Waals surface area contributed by atoms with Crippen molar-refractivity contribution in [3.63, 3.8) is 0 Å². The van der Waals surface area contributed by atoms with E-state index in [9.17, 15) is 4.79 Å². The zero-order valence-electron chi connectivity index (χ0n) is 17.6. The van der Waals surface area contributed by atoms with Gasteiger partial charge in [-0.25, -0.2) is 0 Å². The van der Waals surface area contributed by atoms with Crippen molar-refractivity contribution < 1.29 is 9.47 Å². The summed E-state index contributed by atoms with van der Waals surface area (Å²) in [4.78, 5) is 17.8. The van der Waals surface area contributed by atoms with E-state index in [1.165, 1.54) is 0 Å². The van der Waals surface area contributed by atoms with Gasteiger partial charge in [-0.3, -0.25) is 4.79 Å². The van der Waals surface area contributed by atoms with Crippen LogP contribution in [0.15, 0.2) is 59.4 Å². The molecule has 0 unspecified atom stereocenters. The lowest BCUT2D eigenvalue weighted by atomic mass is 10.1. The average Bonchev–Trinajstić information content (AvgIpc) is 3.31. The number of aromatic amines is 1. The van der Waals surface area contributed by atoms with Crippen molar-refractivity contribution >= 4 is 28.2 Å². The molecule has 0 aliphatic carbocycles. The second-order valence-electron chi connectivity index (χ2n) is 7.74. The van der Waals surface area contributed by atoms with Crippen LogP contribution in [0.5, 0.6) is 5.75 Å². The van der Waals surface area contributed by atoms with Gasteiger partial charge in [0.15, 0.2) is 5.11 Å². The number of nitrogens with zero attached hydrogens (tertiary/aromatic N) is 1. The predicted molar refractivity (Wildman–Crippen MR) is 126 cm³/mol. The molecule has 0 amide bonds. The Hall–Kier alpha value is -2.90. The van der Waals surface area contributed by atoms with E-state index in [0.717, 1.165) is 35.9 Å². The van der Waals surface area contributed by atoms with Crippen LogP contribution in [0.4, 0.5) is 0 Å². The van der Waals surface area contributed by atoms with Crippen molar-refractivity contribution in [2.45, 2.75) is 32.0 Å². The topological polar surface area (TPSA) is 66.6 Å². The number of methoxy groups -OCH3 is 1. The monoisotopic (exact) mass is 437 g/mol. The molecular weight excluding hydrogens is 410 g/mol. The summed E-state index contributed by atoms with van der Waals surface area (Å²) in [7, 11) is 1.61. The average molecular weight is 438 g/mol. The molecule has 1 aliphatic heterocycles. The van der Waals surface area contributed by atoms with Crippen LogP contribution in [-0.4, -0.2) is 41.4 Å². The van der Waals surface area contributed by atoms with Crippen LogP contribution >= 0.6 is 12.2 Å². The van der Waals surface area contributed by atoms with Gasteiger partial charge in [0, 0.05) is 31.3 Å². The third-order valence-corrected chi connectivity index (χ3v) is 5.92. The molecule has 7 heteroatoms. The van der Waals surface area contributed by atoms with Gasteiger partial charge in [0.05, 0.1) is 25.3 Å². The number of benzene rings is 2. The molecule has 1 fully saturated rings. The van der Waals surface area contributed by atoms with Crippen LogP contribution in [0, 0.1) is 0 Å². The highest BCUT2D eigenvalue weighted by Crippen LogP contribution is 2.20. The molecule has 1 aliphatic rings. The Balaban J connectivity index is 1.54. The van der Waals surface area contributed by atoms with Gasteiger partial charge in [-0.1, -0.05) is 30.3 Å². The summed E-state index contributed by atoms with van der Waals surface area (Å²) in [5, 5.41) is 4.91. The number of aromatic nitrogens is 1. The van der Waals surface area contributed by atoms with E-state index in [4.69, 9.17) is 21.7 Å². The molecule has 2 aromatic carbocycles. The zero-order chi connectivity index (χ0) is 21.6. The van der Waals surface area contributed by atoms with Gasteiger partial charge in [0.25, 0.3) is 5.56 Å². The number of fused-ring (bicyclic) bond motifs is 1. The Morgan fingerprint density at radius 2 is 2.10 bits per heavy atom. The minimum atomic E-state index is -0.121. The lowest BCUT2D eigenvalue weighted by Crippen LogP contribution is -2.43. The maximum atomic E-state index is 12.8. The number of rotatable bonds is 7. The molecule has 162 valence electrons. The van der Waals surface area contributed by atoms with Crippen LogP contribution in [-0.2, 0) is 17.8 Å². The number of pyridine rings is 1. The van der Waals surface area contributed by atoms with Crippen molar-refractivity contribution in [1.29, 1.82) is 0 Å². The summed E-state index contributed by atoms with van der Waals surface area (Å²) >= 11 is 5.71. The van der Waals surface area contributed by atoms with Crippen molar-refractivity contribution in [2.24, 2.45) is 0 Å². The second kappa shape index (κ2) is 9.94. The van der Waals surface area contributed by atoms with E-state index in [1.54, 1.807) is 7.11 Å². The molecule has 4 rings (SSSR count). The summed E-state index contributed by atoms with van der Waals surface area (Å²) in [5.74, 6) is 0.710. The third kappa shape index (κ3) is 5.42. The van der Waals surface area contributed by atoms with E-state index in [2.05, 4.69) is 22.4 Å². The molecule has 0 bridgehead atoms. The van der Waals surface area contributed by atoms with Gasteiger partial charge in [0.2, 0.25) is 0 Å².